The number of ether oxygens (including phenoxy) is 4. The maximum atomic E-state index is 6.04. The van der Waals surface area contributed by atoms with Crippen LogP contribution < -0.4 is 18.9 Å². The van der Waals surface area contributed by atoms with E-state index in [0.717, 1.165) is 76.8 Å². The predicted octanol–water partition coefficient (Wildman–Crippen LogP) is 6.24. The van der Waals surface area contributed by atoms with E-state index in [1.54, 1.807) is 21.3 Å². The monoisotopic (exact) mass is 486 g/mol. The Bertz CT molecular complexity index is 1310. The third-order valence-corrected chi connectivity index (χ3v) is 6.19. The fraction of sp³-hybridized carbons (Fsp3) is 0.300. The first-order chi connectivity index (χ1) is 17.7. The lowest BCUT2D eigenvalue weighted by atomic mass is 10.1. The largest absolute Gasteiger partial charge is 0.493 e. The number of aryl methyl sites for hydroxylation is 1. The van der Waals surface area contributed by atoms with E-state index in [-0.39, 0.29) is 0 Å². The molecule has 0 N–H and O–H groups in total. The Kier molecular flexibility index (Phi) is 8.50. The molecule has 0 aliphatic carbocycles. The van der Waals surface area contributed by atoms with Crippen LogP contribution in [-0.4, -0.2) is 37.5 Å². The number of benzene rings is 3. The third-order valence-electron chi connectivity index (χ3n) is 6.19. The van der Waals surface area contributed by atoms with E-state index in [0.29, 0.717) is 13.0 Å². The van der Waals surface area contributed by atoms with E-state index < -0.39 is 0 Å². The molecule has 0 fully saturated rings. The molecular formula is C30H34N2O4. The SMILES string of the molecule is C=CCc1ccc(OCCCCn2c(Cc3ccc(OC)c(OC)c3)nc3ccccc32)c(OC)c1. The van der Waals surface area contributed by atoms with Gasteiger partial charge in [0.1, 0.15) is 5.82 Å². The van der Waals surface area contributed by atoms with Crippen LogP contribution in [0.25, 0.3) is 11.0 Å². The number of allylic oxidation sites excluding steroid dienone is 1. The fourth-order valence-corrected chi connectivity index (χ4v) is 4.36. The second-order valence-corrected chi connectivity index (χ2v) is 8.57. The molecule has 188 valence electrons. The zero-order valence-electron chi connectivity index (χ0n) is 21.3. The summed E-state index contributed by atoms with van der Waals surface area (Å²) in [5.41, 5.74) is 4.43. The summed E-state index contributed by atoms with van der Waals surface area (Å²) < 4.78 is 24.7. The summed E-state index contributed by atoms with van der Waals surface area (Å²) in [6.07, 6.45) is 5.28. The Morgan fingerprint density at radius 2 is 1.50 bits per heavy atom. The summed E-state index contributed by atoms with van der Waals surface area (Å²) in [6, 6.07) is 20.3. The zero-order chi connectivity index (χ0) is 25.3. The van der Waals surface area contributed by atoms with Crippen LogP contribution in [0.15, 0.2) is 73.3 Å². The van der Waals surface area contributed by atoms with Crippen molar-refractivity contribution >= 4 is 11.0 Å². The normalized spacial score (nSPS) is 10.9. The van der Waals surface area contributed by atoms with Crippen molar-refractivity contribution < 1.29 is 18.9 Å². The summed E-state index contributed by atoms with van der Waals surface area (Å²) in [4.78, 5) is 4.93. The summed E-state index contributed by atoms with van der Waals surface area (Å²) in [5, 5.41) is 0. The molecule has 3 aromatic carbocycles. The average molecular weight is 487 g/mol. The van der Waals surface area contributed by atoms with Gasteiger partial charge in [0.2, 0.25) is 0 Å². The van der Waals surface area contributed by atoms with Gasteiger partial charge in [-0.25, -0.2) is 4.98 Å². The summed E-state index contributed by atoms with van der Waals surface area (Å²) in [5.74, 6) is 4.01. The minimum absolute atomic E-state index is 0.620. The van der Waals surface area contributed by atoms with Crippen LogP contribution in [0.4, 0.5) is 0 Å². The molecular weight excluding hydrogens is 452 g/mol. The van der Waals surface area contributed by atoms with Gasteiger partial charge in [0.25, 0.3) is 0 Å². The van der Waals surface area contributed by atoms with E-state index in [1.807, 2.05) is 36.4 Å². The highest BCUT2D eigenvalue weighted by Gasteiger charge is 2.13. The van der Waals surface area contributed by atoms with Gasteiger partial charge in [0.15, 0.2) is 23.0 Å². The third kappa shape index (κ3) is 5.82. The van der Waals surface area contributed by atoms with Crippen LogP contribution in [0.1, 0.15) is 29.8 Å². The first-order valence-electron chi connectivity index (χ1n) is 12.2. The molecule has 6 nitrogen and oxygen atoms in total. The number of nitrogens with zero attached hydrogens (tertiary/aromatic N) is 2. The number of unbranched alkanes of at least 4 members (excludes halogenated alkanes) is 1. The van der Waals surface area contributed by atoms with Crippen LogP contribution in [0, 0.1) is 0 Å². The number of hydrogen-bond donors (Lipinski definition) is 0. The highest BCUT2D eigenvalue weighted by molar-refractivity contribution is 5.76. The first-order valence-corrected chi connectivity index (χ1v) is 12.2. The van der Waals surface area contributed by atoms with Crippen molar-refractivity contribution in [3.05, 3.63) is 90.3 Å². The zero-order valence-corrected chi connectivity index (χ0v) is 21.3. The van der Waals surface area contributed by atoms with Crippen molar-refractivity contribution in [3.63, 3.8) is 0 Å². The average Bonchev–Trinajstić information content (AvgIpc) is 3.25. The van der Waals surface area contributed by atoms with Gasteiger partial charge < -0.3 is 23.5 Å². The van der Waals surface area contributed by atoms with Gasteiger partial charge in [0, 0.05) is 13.0 Å². The van der Waals surface area contributed by atoms with Crippen molar-refractivity contribution in [2.24, 2.45) is 0 Å². The molecule has 4 aromatic rings. The van der Waals surface area contributed by atoms with Gasteiger partial charge in [-0.3, -0.25) is 0 Å². The van der Waals surface area contributed by atoms with Gasteiger partial charge in [-0.05, 0) is 66.8 Å². The number of methoxy groups -OCH3 is 3. The summed E-state index contributed by atoms with van der Waals surface area (Å²) in [7, 11) is 4.98. The van der Waals surface area contributed by atoms with Gasteiger partial charge >= 0.3 is 0 Å². The van der Waals surface area contributed by atoms with Crippen molar-refractivity contribution in [2.45, 2.75) is 32.2 Å². The van der Waals surface area contributed by atoms with Gasteiger partial charge in [-0.1, -0.05) is 30.3 Å². The Hall–Kier alpha value is -3.93. The fourth-order valence-electron chi connectivity index (χ4n) is 4.36. The molecule has 4 rings (SSSR count). The number of aromatic nitrogens is 2. The molecule has 0 saturated heterocycles. The van der Waals surface area contributed by atoms with Crippen LogP contribution in [0.2, 0.25) is 0 Å². The molecule has 6 heteroatoms. The molecule has 36 heavy (non-hydrogen) atoms. The Morgan fingerprint density at radius 1 is 0.806 bits per heavy atom. The Balaban J connectivity index is 1.42. The van der Waals surface area contributed by atoms with Crippen molar-refractivity contribution in [1.29, 1.82) is 0 Å². The van der Waals surface area contributed by atoms with Gasteiger partial charge in [-0.2, -0.15) is 0 Å². The molecule has 1 aromatic heterocycles. The van der Waals surface area contributed by atoms with Crippen LogP contribution >= 0.6 is 0 Å². The summed E-state index contributed by atoms with van der Waals surface area (Å²) >= 11 is 0. The second kappa shape index (κ2) is 12.2. The quantitative estimate of drug-likeness (QED) is 0.165. The minimum atomic E-state index is 0.620. The number of imidazole rings is 1. The standard InChI is InChI=1S/C30H34N2O4/c1-5-10-22-13-16-27(29(19-22)35-4)36-18-9-8-17-32-25-12-7-6-11-24(25)31-30(32)21-23-14-15-26(33-2)28(20-23)34-3/h5-7,11-16,19-20H,1,8-10,17-18,21H2,2-4H3. The maximum absolute atomic E-state index is 6.04. The minimum Gasteiger partial charge on any atom is -0.493 e. The van der Waals surface area contributed by atoms with Gasteiger partial charge in [0.05, 0.1) is 39.0 Å². The number of rotatable bonds is 13. The molecule has 0 spiro atoms. The molecule has 0 aliphatic rings. The van der Waals surface area contributed by atoms with E-state index in [4.69, 9.17) is 23.9 Å². The van der Waals surface area contributed by atoms with Crippen molar-refractivity contribution in [2.75, 3.05) is 27.9 Å². The Morgan fingerprint density at radius 3 is 2.28 bits per heavy atom. The Labute approximate surface area is 213 Å². The van der Waals surface area contributed by atoms with E-state index in [2.05, 4.69) is 41.5 Å². The highest BCUT2D eigenvalue weighted by atomic mass is 16.5. The molecule has 0 aliphatic heterocycles. The smallest absolute Gasteiger partial charge is 0.161 e. The van der Waals surface area contributed by atoms with Crippen molar-refractivity contribution in [1.82, 2.24) is 9.55 Å². The highest BCUT2D eigenvalue weighted by Crippen LogP contribution is 2.30. The molecule has 0 bridgehead atoms. The lowest BCUT2D eigenvalue weighted by Crippen LogP contribution is -2.07. The van der Waals surface area contributed by atoms with Crippen LogP contribution in [-0.2, 0) is 19.4 Å². The molecule has 0 unspecified atom stereocenters. The molecule has 0 amide bonds. The number of fused-ring (bicyclic) bond motifs is 1. The van der Waals surface area contributed by atoms with Crippen LogP contribution in [0.3, 0.4) is 0 Å². The van der Waals surface area contributed by atoms with Crippen molar-refractivity contribution in [3.8, 4) is 23.0 Å². The number of para-hydroxylation sites is 2. The number of hydrogen-bond acceptors (Lipinski definition) is 5. The first kappa shape index (κ1) is 25.2. The lowest BCUT2D eigenvalue weighted by molar-refractivity contribution is 0.283. The second-order valence-electron chi connectivity index (χ2n) is 8.57. The predicted molar refractivity (Wildman–Crippen MR) is 144 cm³/mol. The summed E-state index contributed by atoms with van der Waals surface area (Å²) in [6.45, 7) is 5.28. The molecule has 0 atom stereocenters. The molecule has 0 radical (unpaired) electrons. The van der Waals surface area contributed by atoms with E-state index >= 15 is 0 Å². The van der Waals surface area contributed by atoms with E-state index in [9.17, 15) is 0 Å². The van der Waals surface area contributed by atoms with E-state index in [1.165, 1.54) is 0 Å². The molecule has 0 saturated carbocycles. The van der Waals surface area contributed by atoms with Gasteiger partial charge in [-0.15, -0.1) is 6.58 Å². The van der Waals surface area contributed by atoms with Crippen LogP contribution in [0.5, 0.6) is 23.0 Å². The topological polar surface area (TPSA) is 54.7 Å². The molecule has 1 heterocycles. The lowest BCUT2D eigenvalue weighted by Gasteiger charge is -2.13. The maximum Gasteiger partial charge on any atom is 0.161 e.